The highest BCUT2D eigenvalue weighted by Crippen LogP contribution is 2.39. The molecule has 1 atom stereocenters. The maximum atomic E-state index is 11.6. The van der Waals surface area contributed by atoms with Crippen molar-refractivity contribution in [2.75, 3.05) is 7.11 Å². The van der Waals surface area contributed by atoms with Crippen LogP contribution < -0.4 is 0 Å². The van der Waals surface area contributed by atoms with E-state index >= 15 is 0 Å². The second-order valence-corrected chi connectivity index (χ2v) is 4.73. The number of methoxy groups -OCH3 is 1. The van der Waals surface area contributed by atoms with Gasteiger partial charge in [-0.1, -0.05) is 6.07 Å². The Kier molecular flexibility index (Phi) is 3.19. The number of hydrogen-bond donors (Lipinski definition) is 1. The molecular weight excluding hydrogens is 272 g/mol. The minimum atomic E-state index is -0.196. The van der Waals surface area contributed by atoms with E-state index in [9.17, 15) is 9.90 Å². The molecular formula is C12H13BrO3. The first kappa shape index (κ1) is 11.5. The number of halogens is 1. The van der Waals surface area contributed by atoms with E-state index in [0.29, 0.717) is 4.47 Å². The molecule has 0 saturated carbocycles. The summed E-state index contributed by atoms with van der Waals surface area (Å²) in [6.07, 6.45) is 2.64. The lowest BCUT2D eigenvalue weighted by molar-refractivity contribution is -0.142. The van der Waals surface area contributed by atoms with Gasteiger partial charge in [-0.05, 0) is 52.4 Å². The van der Waals surface area contributed by atoms with Crippen molar-refractivity contribution in [3.8, 4) is 5.75 Å². The lowest BCUT2D eigenvalue weighted by Gasteiger charge is -2.24. The fourth-order valence-corrected chi connectivity index (χ4v) is 2.79. The molecule has 1 aliphatic carbocycles. The van der Waals surface area contributed by atoms with Crippen LogP contribution in [-0.4, -0.2) is 18.2 Å². The zero-order valence-electron chi connectivity index (χ0n) is 9.00. The molecule has 0 spiro atoms. The maximum Gasteiger partial charge on any atom is 0.313 e. The molecule has 0 bridgehead atoms. The lowest BCUT2D eigenvalue weighted by Crippen LogP contribution is -2.20. The summed E-state index contributed by atoms with van der Waals surface area (Å²) in [4.78, 5) is 11.6. The molecule has 86 valence electrons. The molecule has 0 saturated heterocycles. The highest BCUT2D eigenvalue weighted by Gasteiger charge is 2.28. The van der Waals surface area contributed by atoms with Crippen molar-refractivity contribution in [2.45, 2.75) is 25.2 Å². The molecule has 1 aromatic carbocycles. The highest BCUT2D eigenvalue weighted by molar-refractivity contribution is 9.10. The average Bonchev–Trinajstić information content (AvgIpc) is 2.32. The zero-order valence-corrected chi connectivity index (χ0v) is 10.6. The quantitative estimate of drug-likeness (QED) is 0.807. The smallest absolute Gasteiger partial charge is 0.313 e. The van der Waals surface area contributed by atoms with Crippen LogP contribution in [0, 0.1) is 0 Å². The Morgan fingerprint density at radius 1 is 1.56 bits per heavy atom. The van der Waals surface area contributed by atoms with Crippen molar-refractivity contribution >= 4 is 21.9 Å². The fourth-order valence-electron chi connectivity index (χ4n) is 2.23. The zero-order chi connectivity index (χ0) is 11.7. The van der Waals surface area contributed by atoms with E-state index in [0.717, 1.165) is 30.4 Å². The molecule has 16 heavy (non-hydrogen) atoms. The van der Waals surface area contributed by atoms with Gasteiger partial charge in [0.25, 0.3) is 0 Å². The molecule has 0 aromatic heterocycles. The summed E-state index contributed by atoms with van der Waals surface area (Å²) in [6.45, 7) is 0. The molecule has 1 N–H and O–H groups in total. The van der Waals surface area contributed by atoms with Crippen molar-refractivity contribution < 1.29 is 14.6 Å². The largest absolute Gasteiger partial charge is 0.507 e. The first-order chi connectivity index (χ1) is 7.65. The fraction of sp³-hybridized carbons (Fsp3) is 0.417. The first-order valence-corrected chi connectivity index (χ1v) is 6.02. The van der Waals surface area contributed by atoms with Crippen molar-refractivity contribution in [1.29, 1.82) is 0 Å². The molecule has 0 fully saturated rings. The number of carbonyl (C=O) groups excluding carboxylic acids is 1. The van der Waals surface area contributed by atoms with Gasteiger partial charge in [-0.15, -0.1) is 0 Å². The van der Waals surface area contributed by atoms with Crippen LogP contribution in [0.5, 0.6) is 5.75 Å². The SMILES string of the molecule is COC(=O)C1CCCc2c1ccc(O)c2Br. The summed E-state index contributed by atoms with van der Waals surface area (Å²) >= 11 is 3.36. The van der Waals surface area contributed by atoms with Gasteiger partial charge < -0.3 is 9.84 Å². The summed E-state index contributed by atoms with van der Waals surface area (Å²) in [5, 5.41) is 9.59. The molecule has 1 unspecified atom stereocenters. The molecule has 0 heterocycles. The van der Waals surface area contributed by atoms with E-state index in [4.69, 9.17) is 4.74 Å². The normalized spacial score (nSPS) is 19.0. The summed E-state index contributed by atoms with van der Waals surface area (Å²) in [5.41, 5.74) is 2.00. The number of carbonyl (C=O) groups is 1. The summed E-state index contributed by atoms with van der Waals surface area (Å²) < 4.78 is 5.51. The molecule has 1 aromatic rings. The van der Waals surface area contributed by atoms with Gasteiger partial charge in [-0.25, -0.2) is 0 Å². The predicted molar refractivity (Wildman–Crippen MR) is 63.5 cm³/mol. The minimum Gasteiger partial charge on any atom is -0.507 e. The lowest BCUT2D eigenvalue weighted by atomic mass is 9.83. The monoisotopic (exact) mass is 284 g/mol. The minimum absolute atomic E-state index is 0.189. The van der Waals surface area contributed by atoms with Crippen LogP contribution in [0.4, 0.5) is 0 Å². The Hall–Kier alpha value is -1.03. The van der Waals surface area contributed by atoms with Crippen LogP contribution in [0.15, 0.2) is 16.6 Å². The van der Waals surface area contributed by atoms with Crippen LogP contribution in [0.1, 0.15) is 29.9 Å². The molecule has 3 nitrogen and oxygen atoms in total. The van der Waals surface area contributed by atoms with Crippen LogP contribution >= 0.6 is 15.9 Å². The molecule has 0 radical (unpaired) electrons. The topological polar surface area (TPSA) is 46.5 Å². The number of rotatable bonds is 1. The van der Waals surface area contributed by atoms with Gasteiger partial charge in [0.1, 0.15) is 5.75 Å². The summed E-state index contributed by atoms with van der Waals surface area (Å²) in [5.74, 6) is -0.159. The Labute approximate surface area is 103 Å². The van der Waals surface area contributed by atoms with E-state index in [2.05, 4.69) is 15.9 Å². The van der Waals surface area contributed by atoms with Crippen molar-refractivity contribution in [2.24, 2.45) is 0 Å². The van der Waals surface area contributed by atoms with Gasteiger partial charge in [-0.3, -0.25) is 4.79 Å². The van der Waals surface area contributed by atoms with E-state index in [1.165, 1.54) is 7.11 Å². The summed E-state index contributed by atoms with van der Waals surface area (Å²) in [6, 6.07) is 3.43. The van der Waals surface area contributed by atoms with Crippen molar-refractivity contribution in [3.63, 3.8) is 0 Å². The Bertz CT molecular complexity index is 429. The Balaban J connectivity index is 2.47. The standard InChI is InChI=1S/C12H13BrO3/c1-16-12(15)9-4-2-3-8-7(9)5-6-10(14)11(8)13/h5-6,9,14H,2-4H2,1H3. The third-order valence-corrected chi connectivity index (χ3v) is 3.92. The van der Waals surface area contributed by atoms with Gasteiger partial charge >= 0.3 is 5.97 Å². The van der Waals surface area contributed by atoms with Crippen LogP contribution in [-0.2, 0) is 16.0 Å². The molecule has 0 amide bonds. The van der Waals surface area contributed by atoms with Gasteiger partial charge in [0, 0.05) is 0 Å². The van der Waals surface area contributed by atoms with E-state index in [-0.39, 0.29) is 17.6 Å². The predicted octanol–water partition coefficient (Wildman–Crippen LogP) is 2.75. The first-order valence-electron chi connectivity index (χ1n) is 5.23. The number of fused-ring (bicyclic) bond motifs is 1. The molecule has 2 rings (SSSR count). The van der Waals surface area contributed by atoms with Crippen LogP contribution in [0.25, 0.3) is 0 Å². The number of ether oxygens (including phenoxy) is 1. The number of benzene rings is 1. The van der Waals surface area contributed by atoms with Crippen molar-refractivity contribution in [3.05, 3.63) is 27.7 Å². The number of phenols is 1. The number of hydrogen-bond acceptors (Lipinski definition) is 3. The molecule has 4 heteroatoms. The van der Waals surface area contributed by atoms with Crippen LogP contribution in [0.3, 0.4) is 0 Å². The Morgan fingerprint density at radius 3 is 3.00 bits per heavy atom. The van der Waals surface area contributed by atoms with Crippen molar-refractivity contribution in [1.82, 2.24) is 0 Å². The van der Waals surface area contributed by atoms with E-state index < -0.39 is 0 Å². The van der Waals surface area contributed by atoms with Gasteiger partial charge in [0.15, 0.2) is 0 Å². The second-order valence-electron chi connectivity index (χ2n) is 3.93. The van der Waals surface area contributed by atoms with E-state index in [1.54, 1.807) is 6.07 Å². The van der Waals surface area contributed by atoms with Crippen LogP contribution in [0.2, 0.25) is 0 Å². The number of aromatic hydroxyl groups is 1. The van der Waals surface area contributed by atoms with E-state index in [1.807, 2.05) is 6.07 Å². The third-order valence-electron chi connectivity index (χ3n) is 3.04. The number of esters is 1. The summed E-state index contributed by atoms with van der Waals surface area (Å²) in [7, 11) is 1.41. The maximum absolute atomic E-state index is 11.6. The molecule has 0 aliphatic heterocycles. The third kappa shape index (κ3) is 1.82. The van der Waals surface area contributed by atoms with Gasteiger partial charge in [-0.2, -0.15) is 0 Å². The second kappa shape index (κ2) is 4.45. The average molecular weight is 285 g/mol. The highest BCUT2D eigenvalue weighted by atomic mass is 79.9. The van der Waals surface area contributed by atoms with Gasteiger partial charge in [0.05, 0.1) is 17.5 Å². The molecule has 1 aliphatic rings. The number of phenolic OH excluding ortho intramolecular Hbond substituents is 1. The Morgan fingerprint density at radius 2 is 2.31 bits per heavy atom. The van der Waals surface area contributed by atoms with Gasteiger partial charge in [0.2, 0.25) is 0 Å².